The summed E-state index contributed by atoms with van der Waals surface area (Å²) in [5, 5.41) is 17.8. The van der Waals surface area contributed by atoms with Gasteiger partial charge >= 0.3 is 5.97 Å². The first-order valence-corrected chi connectivity index (χ1v) is 5.86. The summed E-state index contributed by atoms with van der Waals surface area (Å²) < 4.78 is 6.93. The van der Waals surface area contributed by atoms with Crippen molar-refractivity contribution in [3.05, 3.63) is 34.7 Å². The van der Waals surface area contributed by atoms with E-state index >= 15 is 0 Å². The first kappa shape index (κ1) is 13.6. The van der Waals surface area contributed by atoms with Gasteiger partial charge in [-0.25, -0.2) is 4.79 Å². The summed E-state index contributed by atoms with van der Waals surface area (Å²) in [5.74, 6) is -0.998. The Bertz CT molecular complexity index is 766. The van der Waals surface area contributed by atoms with Crippen LogP contribution in [0, 0.1) is 25.2 Å². The number of rotatable bonds is 3. The standard InChI is InChI=1S/C14H13N3O3/c1-8-4-9(2)17-11(6-10(7-15)14(18)19)13(20-3)16-12(17)5-8/h4-6H,1-3H3,(H,18,19)/b10-6+. The van der Waals surface area contributed by atoms with E-state index in [4.69, 9.17) is 15.1 Å². The van der Waals surface area contributed by atoms with Crippen molar-refractivity contribution in [2.24, 2.45) is 0 Å². The zero-order valence-corrected chi connectivity index (χ0v) is 11.3. The first-order chi connectivity index (χ1) is 9.47. The second-order valence-electron chi connectivity index (χ2n) is 4.35. The van der Waals surface area contributed by atoms with Gasteiger partial charge in [0.15, 0.2) is 0 Å². The molecule has 0 saturated heterocycles. The minimum Gasteiger partial charge on any atom is -0.479 e. The number of carboxylic acid groups (broad SMARTS) is 1. The lowest BCUT2D eigenvalue weighted by atomic mass is 10.2. The number of aromatic nitrogens is 2. The zero-order chi connectivity index (χ0) is 14.9. The third kappa shape index (κ3) is 2.21. The second-order valence-corrected chi connectivity index (χ2v) is 4.35. The lowest BCUT2D eigenvalue weighted by Crippen LogP contribution is -2.00. The van der Waals surface area contributed by atoms with Crippen molar-refractivity contribution in [1.82, 2.24) is 9.38 Å². The second kappa shape index (κ2) is 5.05. The zero-order valence-electron chi connectivity index (χ0n) is 11.3. The summed E-state index contributed by atoms with van der Waals surface area (Å²) in [5.41, 5.74) is 2.64. The highest BCUT2D eigenvalue weighted by Gasteiger charge is 2.16. The van der Waals surface area contributed by atoms with Gasteiger partial charge < -0.3 is 9.84 Å². The molecule has 1 N–H and O–H groups in total. The number of hydrogen-bond acceptors (Lipinski definition) is 4. The number of imidazole rings is 1. The van der Waals surface area contributed by atoms with Crippen molar-refractivity contribution in [1.29, 1.82) is 5.26 Å². The third-order valence-corrected chi connectivity index (χ3v) is 2.88. The Morgan fingerprint density at radius 3 is 2.75 bits per heavy atom. The number of hydrogen-bond donors (Lipinski definition) is 1. The molecule has 0 radical (unpaired) electrons. The molecule has 0 amide bonds. The van der Waals surface area contributed by atoms with Crippen LogP contribution in [0.5, 0.6) is 5.88 Å². The summed E-state index contributed by atoms with van der Waals surface area (Å²) in [6, 6.07) is 5.46. The molecule has 0 unspecified atom stereocenters. The van der Waals surface area contributed by atoms with Gasteiger partial charge in [0.2, 0.25) is 5.88 Å². The number of nitriles is 1. The van der Waals surface area contributed by atoms with E-state index in [1.54, 1.807) is 10.5 Å². The van der Waals surface area contributed by atoms with E-state index in [0.717, 1.165) is 11.3 Å². The monoisotopic (exact) mass is 271 g/mol. The molecule has 0 aliphatic carbocycles. The van der Waals surface area contributed by atoms with Crippen LogP contribution in [0.25, 0.3) is 11.7 Å². The van der Waals surface area contributed by atoms with Crippen molar-refractivity contribution in [2.45, 2.75) is 13.8 Å². The number of aliphatic carboxylic acids is 1. The van der Waals surface area contributed by atoms with Crippen LogP contribution in [-0.2, 0) is 4.79 Å². The largest absolute Gasteiger partial charge is 0.479 e. The van der Waals surface area contributed by atoms with Crippen LogP contribution in [-0.4, -0.2) is 27.6 Å². The fourth-order valence-electron chi connectivity index (χ4n) is 2.09. The number of carbonyl (C=O) groups is 1. The number of fused-ring (bicyclic) bond motifs is 1. The Morgan fingerprint density at radius 1 is 1.50 bits per heavy atom. The van der Waals surface area contributed by atoms with Crippen LogP contribution in [0.15, 0.2) is 17.7 Å². The molecule has 102 valence electrons. The molecular weight excluding hydrogens is 258 g/mol. The van der Waals surface area contributed by atoms with E-state index < -0.39 is 5.97 Å². The molecule has 0 fully saturated rings. The van der Waals surface area contributed by atoms with E-state index in [0.29, 0.717) is 11.3 Å². The van der Waals surface area contributed by atoms with Crippen LogP contribution in [0.3, 0.4) is 0 Å². The molecule has 6 nitrogen and oxygen atoms in total. The molecule has 0 aromatic carbocycles. The Morgan fingerprint density at radius 2 is 2.20 bits per heavy atom. The van der Waals surface area contributed by atoms with Gasteiger partial charge in [0.1, 0.15) is 23.0 Å². The Balaban J connectivity index is 2.81. The Labute approximate surface area is 115 Å². The van der Waals surface area contributed by atoms with Gasteiger partial charge in [-0.15, -0.1) is 0 Å². The highest BCUT2D eigenvalue weighted by molar-refractivity contribution is 5.96. The Hall–Kier alpha value is -2.81. The van der Waals surface area contributed by atoms with E-state index in [1.165, 1.54) is 13.2 Å². The lowest BCUT2D eigenvalue weighted by molar-refractivity contribution is -0.132. The maximum Gasteiger partial charge on any atom is 0.346 e. The van der Waals surface area contributed by atoms with E-state index in [1.807, 2.05) is 26.0 Å². The third-order valence-electron chi connectivity index (χ3n) is 2.88. The quantitative estimate of drug-likeness (QED) is 0.681. The molecule has 2 heterocycles. The van der Waals surface area contributed by atoms with Crippen LogP contribution in [0.4, 0.5) is 0 Å². The molecule has 6 heteroatoms. The van der Waals surface area contributed by atoms with E-state index in [9.17, 15) is 4.79 Å². The number of methoxy groups -OCH3 is 1. The van der Waals surface area contributed by atoms with E-state index in [2.05, 4.69) is 4.98 Å². The predicted octanol–water partition coefficient (Wildman–Crippen LogP) is 1.95. The number of carboxylic acids is 1. The average Bonchev–Trinajstić information content (AvgIpc) is 2.73. The lowest BCUT2D eigenvalue weighted by Gasteiger charge is -2.04. The topological polar surface area (TPSA) is 87.6 Å². The van der Waals surface area contributed by atoms with Crippen LogP contribution < -0.4 is 4.74 Å². The fourth-order valence-corrected chi connectivity index (χ4v) is 2.09. The molecule has 0 spiro atoms. The summed E-state index contributed by atoms with van der Waals surface area (Å²) in [6.45, 7) is 3.83. The maximum absolute atomic E-state index is 11.0. The van der Waals surface area contributed by atoms with Crippen LogP contribution in [0.1, 0.15) is 17.0 Å². The fraction of sp³-hybridized carbons (Fsp3) is 0.214. The Kier molecular flexibility index (Phi) is 3.44. The SMILES string of the molecule is COc1nc2cc(C)cc(C)n2c1/C=C(\C#N)C(=O)O. The number of nitrogens with zero attached hydrogens (tertiary/aromatic N) is 3. The molecule has 2 rings (SSSR count). The molecule has 0 atom stereocenters. The van der Waals surface area contributed by atoms with Gasteiger partial charge in [0.25, 0.3) is 0 Å². The molecule has 0 aliphatic rings. The first-order valence-electron chi connectivity index (χ1n) is 5.86. The van der Waals surface area contributed by atoms with Crippen molar-refractivity contribution in [3.63, 3.8) is 0 Å². The minimum atomic E-state index is -1.28. The minimum absolute atomic E-state index is 0.285. The number of pyridine rings is 1. The summed E-state index contributed by atoms with van der Waals surface area (Å²) in [7, 11) is 1.45. The molecule has 20 heavy (non-hydrogen) atoms. The molecule has 2 aromatic heterocycles. The van der Waals surface area contributed by atoms with Gasteiger partial charge in [0.05, 0.1) is 7.11 Å². The smallest absolute Gasteiger partial charge is 0.346 e. The summed E-state index contributed by atoms with van der Waals surface area (Å²) in [6.07, 6.45) is 1.27. The number of ether oxygens (including phenoxy) is 1. The predicted molar refractivity (Wildman–Crippen MR) is 72.4 cm³/mol. The highest BCUT2D eigenvalue weighted by atomic mass is 16.5. The van der Waals surface area contributed by atoms with Gasteiger partial charge in [-0.2, -0.15) is 10.2 Å². The van der Waals surface area contributed by atoms with Gasteiger partial charge in [-0.3, -0.25) is 4.40 Å². The van der Waals surface area contributed by atoms with Gasteiger partial charge in [-0.1, -0.05) is 0 Å². The van der Waals surface area contributed by atoms with Crippen LogP contribution in [0.2, 0.25) is 0 Å². The maximum atomic E-state index is 11.0. The molecule has 0 aliphatic heterocycles. The summed E-state index contributed by atoms with van der Waals surface area (Å²) >= 11 is 0. The molecule has 2 aromatic rings. The number of aryl methyl sites for hydroxylation is 2. The van der Waals surface area contributed by atoms with Gasteiger partial charge in [-0.05, 0) is 37.6 Å². The average molecular weight is 271 g/mol. The van der Waals surface area contributed by atoms with Crippen LogP contribution >= 0.6 is 0 Å². The molecule has 0 bridgehead atoms. The van der Waals surface area contributed by atoms with Crippen molar-refractivity contribution in [3.8, 4) is 11.9 Å². The highest BCUT2D eigenvalue weighted by Crippen LogP contribution is 2.25. The van der Waals surface area contributed by atoms with E-state index in [-0.39, 0.29) is 11.5 Å². The normalized spacial score (nSPS) is 11.4. The van der Waals surface area contributed by atoms with Crippen molar-refractivity contribution in [2.75, 3.05) is 7.11 Å². The molecule has 0 saturated carbocycles. The summed E-state index contributed by atoms with van der Waals surface area (Å²) in [4.78, 5) is 15.3. The molecular formula is C14H13N3O3. The van der Waals surface area contributed by atoms with Crippen molar-refractivity contribution >= 4 is 17.7 Å². The van der Waals surface area contributed by atoms with Gasteiger partial charge in [0, 0.05) is 5.69 Å². The van der Waals surface area contributed by atoms with Crippen molar-refractivity contribution < 1.29 is 14.6 Å².